The van der Waals surface area contributed by atoms with Crippen molar-refractivity contribution >= 4 is 28.6 Å². The van der Waals surface area contributed by atoms with Crippen molar-refractivity contribution in [1.29, 1.82) is 0 Å². The first-order chi connectivity index (χ1) is 10.7. The van der Waals surface area contributed by atoms with Crippen molar-refractivity contribution in [3.63, 3.8) is 0 Å². The minimum atomic E-state index is -0.000572. The van der Waals surface area contributed by atoms with E-state index in [1.165, 1.54) is 0 Å². The molecule has 3 nitrogen and oxygen atoms in total. The van der Waals surface area contributed by atoms with E-state index in [1.807, 2.05) is 60.1 Å². The van der Waals surface area contributed by atoms with Gasteiger partial charge in [0.25, 0.3) is 0 Å². The fraction of sp³-hybridized carbons (Fsp3) is 0.176. The van der Waals surface area contributed by atoms with Gasteiger partial charge in [0.1, 0.15) is 5.01 Å². The van der Waals surface area contributed by atoms with E-state index in [0.717, 1.165) is 21.1 Å². The molecule has 1 atom stereocenters. The molecular weight excluding hydrogens is 312 g/mol. The van der Waals surface area contributed by atoms with Crippen LogP contribution in [-0.2, 0) is 11.2 Å². The SMILES string of the molecule is CC(NC(=O)Cc1csc(-c2cccs2)n1)c1ccccc1. The normalized spacial score (nSPS) is 12.0. The van der Waals surface area contributed by atoms with Crippen LogP contribution in [0.4, 0.5) is 0 Å². The van der Waals surface area contributed by atoms with Gasteiger partial charge in [-0.05, 0) is 23.9 Å². The second kappa shape index (κ2) is 6.85. The molecule has 0 aliphatic heterocycles. The molecule has 1 aromatic carbocycles. The topological polar surface area (TPSA) is 42.0 Å². The van der Waals surface area contributed by atoms with Crippen LogP contribution in [0.3, 0.4) is 0 Å². The number of benzene rings is 1. The molecule has 0 saturated heterocycles. The molecule has 5 heteroatoms. The first-order valence-electron chi connectivity index (χ1n) is 7.05. The molecule has 3 rings (SSSR count). The lowest BCUT2D eigenvalue weighted by Crippen LogP contribution is -2.28. The Bertz CT molecular complexity index is 735. The van der Waals surface area contributed by atoms with Crippen LogP contribution in [-0.4, -0.2) is 10.9 Å². The highest BCUT2D eigenvalue weighted by Crippen LogP contribution is 2.27. The Kier molecular flexibility index (Phi) is 4.65. The van der Waals surface area contributed by atoms with Gasteiger partial charge in [0, 0.05) is 5.38 Å². The summed E-state index contributed by atoms with van der Waals surface area (Å²) in [7, 11) is 0. The highest BCUT2D eigenvalue weighted by Gasteiger charge is 2.12. The number of aromatic nitrogens is 1. The third kappa shape index (κ3) is 3.61. The van der Waals surface area contributed by atoms with Crippen molar-refractivity contribution in [2.24, 2.45) is 0 Å². The molecule has 3 aromatic rings. The summed E-state index contributed by atoms with van der Waals surface area (Å²) in [5.41, 5.74) is 1.93. The average Bonchev–Trinajstić information content (AvgIpc) is 3.19. The van der Waals surface area contributed by atoms with Gasteiger partial charge in [-0.3, -0.25) is 4.79 Å². The van der Waals surface area contributed by atoms with Crippen LogP contribution in [0.1, 0.15) is 24.2 Å². The molecule has 0 saturated carbocycles. The Morgan fingerprint density at radius 2 is 2.00 bits per heavy atom. The molecule has 112 valence electrons. The number of carbonyl (C=O) groups excluding carboxylic acids is 1. The number of hydrogen-bond donors (Lipinski definition) is 1. The fourth-order valence-corrected chi connectivity index (χ4v) is 3.82. The smallest absolute Gasteiger partial charge is 0.226 e. The Hall–Kier alpha value is -1.98. The van der Waals surface area contributed by atoms with Gasteiger partial charge < -0.3 is 5.32 Å². The van der Waals surface area contributed by atoms with E-state index in [-0.39, 0.29) is 11.9 Å². The summed E-state index contributed by atoms with van der Waals surface area (Å²) in [5, 5.41) is 7.99. The van der Waals surface area contributed by atoms with Gasteiger partial charge in [0.15, 0.2) is 0 Å². The molecule has 0 fully saturated rings. The van der Waals surface area contributed by atoms with Crippen LogP contribution in [0.5, 0.6) is 0 Å². The van der Waals surface area contributed by atoms with Crippen LogP contribution >= 0.6 is 22.7 Å². The van der Waals surface area contributed by atoms with Crippen LogP contribution in [0, 0.1) is 0 Å². The highest BCUT2D eigenvalue weighted by atomic mass is 32.1. The van der Waals surface area contributed by atoms with Gasteiger partial charge in [0.05, 0.1) is 23.0 Å². The number of thiophene rings is 1. The first kappa shape index (κ1) is 14.9. The van der Waals surface area contributed by atoms with Gasteiger partial charge in [-0.15, -0.1) is 22.7 Å². The van der Waals surface area contributed by atoms with Crippen LogP contribution in [0.15, 0.2) is 53.2 Å². The second-order valence-corrected chi connectivity index (χ2v) is 6.80. The Morgan fingerprint density at radius 3 is 2.73 bits per heavy atom. The van der Waals surface area contributed by atoms with E-state index in [4.69, 9.17) is 0 Å². The molecule has 22 heavy (non-hydrogen) atoms. The summed E-state index contributed by atoms with van der Waals surface area (Å²) in [5.74, 6) is -0.000572. The Balaban J connectivity index is 1.60. The molecule has 0 spiro atoms. The highest BCUT2D eigenvalue weighted by molar-refractivity contribution is 7.20. The quantitative estimate of drug-likeness (QED) is 0.759. The number of hydrogen-bond acceptors (Lipinski definition) is 4. The average molecular weight is 328 g/mol. The maximum atomic E-state index is 12.1. The van der Waals surface area contributed by atoms with E-state index < -0.39 is 0 Å². The maximum absolute atomic E-state index is 12.1. The lowest BCUT2D eigenvalue weighted by atomic mass is 10.1. The van der Waals surface area contributed by atoms with Gasteiger partial charge in [-0.25, -0.2) is 4.98 Å². The molecule has 0 aliphatic carbocycles. The fourth-order valence-electron chi connectivity index (χ4n) is 2.18. The number of nitrogens with one attached hydrogen (secondary N) is 1. The van der Waals surface area contributed by atoms with Crippen molar-refractivity contribution in [1.82, 2.24) is 10.3 Å². The number of amides is 1. The maximum Gasteiger partial charge on any atom is 0.226 e. The molecule has 2 heterocycles. The molecule has 0 bridgehead atoms. The van der Waals surface area contributed by atoms with Crippen molar-refractivity contribution in [2.75, 3.05) is 0 Å². The van der Waals surface area contributed by atoms with Gasteiger partial charge in [0.2, 0.25) is 5.91 Å². The number of nitrogens with zero attached hydrogens (tertiary/aromatic N) is 1. The minimum absolute atomic E-state index is 0.000572. The van der Waals surface area contributed by atoms with Crippen LogP contribution in [0.2, 0.25) is 0 Å². The monoisotopic (exact) mass is 328 g/mol. The van der Waals surface area contributed by atoms with E-state index in [0.29, 0.717) is 6.42 Å². The minimum Gasteiger partial charge on any atom is -0.349 e. The van der Waals surface area contributed by atoms with E-state index in [2.05, 4.69) is 10.3 Å². The zero-order chi connectivity index (χ0) is 15.4. The number of carbonyl (C=O) groups is 1. The van der Waals surface area contributed by atoms with Crippen molar-refractivity contribution in [3.05, 3.63) is 64.5 Å². The Labute approximate surface area is 137 Å². The van der Waals surface area contributed by atoms with Crippen LogP contribution < -0.4 is 5.32 Å². The third-order valence-electron chi connectivity index (χ3n) is 3.30. The summed E-state index contributed by atoms with van der Waals surface area (Å²) < 4.78 is 0. The third-order valence-corrected chi connectivity index (χ3v) is 5.23. The molecular formula is C17H16N2OS2. The predicted octanol–water partition coefficient (Wildman–Crippen LogP) is 4.29. The molecule has 1 N–H and O–H groups in total. The lowest BCUT2D eigenvalue weighted by Gasteiger charge is -2.13. The molecule has 1 unspecified atom stereocenters. The zero-order valence-corrected chi connectivity index (χ0v) is 13.8. The Morgan fingerprint density at radius 1 is 1.18 bits per heavy atom. The molecule has 2 aromatic heterocycles. The van der Waals surface area contributed by atoms with Gasteiger partial charge in [-0.2, -0.15) is 0 Å². The standard InChI is InChI=1S/C17H16N2OS2/c1-12(13-6-3-2-4-7-13)18-16(20)10-14-11-22-17(19-14)15-8-5-9-21-15/h2-9,11-12H,10H2,1H3,(H,18,20). The molecule has 0 radical (unpaired) electrons. The van der Waals surface area contributed by atoms with Gasteiger partial charge >= 0.3 is 0 Å². The lowest BCUT2D eigenvalue weighted by molar-refractivity contribution is -0.121. The number of thiazole rings is 1. The largest absolute Gasteiger partial charge is 0.349 e. The van der Waals surface area contributed by atoms with Crippen LogP contribution in [0.25, 0.3) is 9.88 Å². The van der Waals surface area contributed by atoms with E-state index in [1.54, 1.807) is 22.7 Å². The van der Waals surface area contributed by atoms with E-state index in [9.17, 15) is 4.79 Å². The summed E-state index contributed by atoms with van der Waals surface area (Å²) in [4.78, 5) is 17.8. The van der Waals surface area contributed by atoms with Crippen molar-refractivity contribution < 1.29 is 4.79 Å². The summed E-state index contributed by atoms with van der Waals surface area (Å²) in [6.07, 6.45) is 0.319. The summed E-state index contributed by atoms with van der Waals surface area (Å²) in [6, 6.07) is 14.0. The summed E-state index contributed by atoms with van der Waals surface area (Å²) in [6.45, 7) is 1.99. The van der Waals surface area contributed by atoms with E-state index >= 15 is 0 Å². The van der Waals surface area contributed by atoms with Crippen molar-refractivity contribution in [2.45, 2.75) is 19.4 Å². The summed E-state index contributed by atoms with van der Waals surface area (Å²) >= 11 is 3.25. The zero-order valence-electron chi connectivity index (χ0n) is 12.2. The van der Waals surface area contributed by atoms with Crippen molar-refractivity contribution in [3.8, 4) is 9.88 Å². The second-order valence-electron chi connectivity index (χ2n) is 5.00. The molecule has 1 amide bonds. The first-order valence-corrected chi connectivity index (χ1v) is 8.81. The van der Waals surface area contributed by atoms with Gasteiger partial charge in [-0.1, -0.05) is 36.4 Å². The molecule has 0 aliphatic rings. The predicted molar refractivity (Wildman–Crippen MR) is 92.1 cm³/mol. The number of rotatable bonds is 5.